The van der Waals surface area contributed by atoms with Crippen molar-refractivity contribution in [1.29, 1.82) is 5.26 Å². The van der Waals surface area contributed by atoms with Gasteiger partial charge in [-0.25, -0.2) is 12.8 Å². The molecule has 0 aliphatic heterocycles. The first-order chi connectivity index (χ1) is 9.83. The van der Waals surface area contributed by atoms with Crippen LogP contribution in [-0.4, -0.2) is 8.42 Å². The van der Waals surface area contributed by atoms with Crippen molar-refractivity contribution in [3.8, 4) is 6.07 Å². The second kappa shape index (κ2) is 5.72. The third kappa shape index (κ3) is 3.32. The lowest BCUT2D eigenvalue weighted by Gasteiger charge is -2.08. The molecule has 2 N–H and O–H groups in total. The van der Waals surface area contributed by atoms with E-state index in [1.54, 1.807) is 6.07 Å². The summed E-state index contributed by atoms with van der Waals surface area (Å²) in [5.41, 5.74) is 5.93. The first kappa shape index (κ1) is 15.3. The lowest BCUT2D eigenvalue weighted by molar-refractivity contribution is 0.594. The SMILES string of the molecule is N#Cc1cc(CS(=O)(=O)c2cc(N)ccc2Cl)ccc1F. The number of nitrogens with zero attached hydrogens (tertiary/aromatic N) is 1. The number of rotatable bonds is 3. The minimum Gasteiger partial charge on any atom is -0.399 e. The van der Waals surface area contributed by atoms with Gasteiger partial charge >= 0.3 is 0 Å². The van der Waals surface area contributed by atoms with E-state index in [1.165, 1.54) is 30.3 Å². The van der Waals surface area contributed by atoms with Gasteiger partial charge in [0.25, 0.3) is 0 Å². The molecule has 21 heavy (non-hydrogen) atoms. The van der Waals surface area contributed by atoms with Crippen molar-refractivity contribution >= 4 is 27.1 Å². The van der Waals surface area contributed by atoms with Gasteiger partial charge in [-0.2, -0.15) is 5.26 Å². The second-order valence-electron chi connectivity index (χ2n) is 4.37. The van der Waals surface area contributed by atoms with Crippen LogP contribution in [0.1, 0.15) is 11.1 Å². The Labute approximate surface area is 126 Å². The van der Waals surface area contributed by atoms with E-state index in [9.17, 15) is 12.8 Å². The van der Waals surface area contributed by atoms with Crippen LogP contribution in [0.25, 0.3) is 0 Å². The van der Waals surface area contributed by atoms with E-state index >= 15 is 0 Å². The number of benzene rings is 2. The van der Waals surface area contributed by atoms with E-state index in [2.05, 4.69) is 0 Å². The molecule has 108 valence electrons. The molecule has 4 nitrogen and oxygen atoms in total. The molecule has 2 rings (SSSR count). The minimum absolute atomic E-state index is 0.0619. The average Bonchev–Trinajstić information content (AvgIpc) is 2.43. The summed E-state index contributed by atoms with van der Waals surface area (Å²) in [5, 5.41) is 8.82. The standard InChI is InChI=1S/C14H10ClFN2O2S/c15-12-3-2-11(18)6-14(12)21(19,20)8-9-1-4-13(16)10(5-9)7-17/h1-6H,8,18H2. The molecule has 7 heteroatoms. The lowest BCUT2D eigenvalue weighted by Crippen LogP contribution is -2.07. The Bertz CT molecular complexity index is 845. The minimum atomic E-state index is -3.75. The molecular weight excluding hydrogens is 315 g/mol. The van der Waals surface area contributed by atoms with Crippen molar-refractivity contribution in [3.63, 3.8) is 0 Å². The summed E-state index contributed by atoms with van der Waals surface area (Å²) in [6, 6.07) is 9.40. The number of anilines is 1. The van der Waals surface area contributed by atoms with E-state index < -0.39 is 21.4 Å². The van der Waals surface area contributed by atoms with Crippen molar-refractivity contribution in [3.05, 3.63) is 58.4 Å². The van der Waals surface area contributed by atoms with Gasteiger partial charge in [0.1, 0.15) is 11.9 Å². The first-order valence-electron chi connectivity index (χ1n) is 5.80. The Morgan fingerprint density at radius 3 is 2.62 bits per heavy atom. The summed E-state index contributed by atoms with van der Waals surface area (Å²) in [4.78, 5) is -0.0907. The van der Waals surface area contributed by atoms with Crippen LogP contribution in [0, 0.1) is 17.1 Å². The highest BCUT2D eigenvalue weighted by atomic mass is 35.5. The van der Waals surface area contributed by atoms with Gasteiger partial charge in [-0.1, -0.05) is 17.7 Å². The van der Waals surface area contributed by atoms with Gasteiger partial charge in [0, 0.05) is 5.69 Å². The molecule has 0 aliphatic carbocycles. The molecule has 0 radical (unpaired) electrons. The smallest absolute Gasteiger partial charge is 0.184 e. The van der Waals surface area contributed by atoms with Crippen molar-refractivity contribution < 1.29 is 12.8 Å². The molecule has 0 fully saturated rings. The number of hydrogen-bond acceptors (Lipinski definition) is 4. The quantitative estimate of drug-likeness (QED) is 0.880. The fourth-order valence-electron chi connectivity index (χ4n) is 1.80. The Hall–Kier alpha value is -2.10. The molecule has 0 aliphatic rings. The number of hydrogen-bond donors (Lipinski definition) is 1. The van der Waals surface area contributed by atoms with Gasteiger partial charge in [-0.15, -0.1) is 0 Å². The van der Waals surface area contributed by atoms with Gasteiger partial charge in [0.05, 0.1) is 21.2 Å². The third-order valence-electron chi connectivity index (χ3n) is 2.80. The Morgan fingerprint density at radius 1 is 1.24 bits per heavy atom. The first-order valence-corrected chi connectivity index (χ1v) is 7.83. The van der Waals surface area contributed by atoms with Crippen molar-refractivity contribution in [1.82, 2.24) is 0 Å². The van der Waals surface area contributed by atoms with Gasteiger partial charge in [-0.3, -0.25) is 0 Å². The summed E-state index contributed by atoms with van der Waals surface area (Å²) in [5.74, 6) is -1.09. The molecule has 0 spiro atoms. The molecule has 2 aromatic carbocycles. The molecule has 0 aromatic heterocycles. The number of nitrogen functional groups attached to an aromatic ring is 1. The fraction of sp³-hybridized carbons (Fsp3) is 0.0714. The third-order valence-corrected chi connectivity index (χ3v) is 4.96. The molecule has 2 aromatic rings. The van der Waals surface area contributed by atoms with Crippen LogP contribution in [0.3, 0.4) is 0 Å². The zero-order chi connectivity index (χ0) is 15.6. The zero-order valence-electron chi connectivity index (χ0n) is 10.7. The summed E-state index contributed by atoms with van der Waals surface area (Å²) in [6.45, 7) is 0. The highest BCUT2D eigenvalue weighted by molar-refractivity contribution is 7.90. The molecule has 0 bridgehead atoms. The van der Waals surface area contributed by atoms with Crippen LogP contribution < -0.4 is 5.73 Å². The number of nitrogens with two attached hydrogens (primary N) is 1. The van der Waals surface area contributed by atoms with Crippen molar-refractivity contribution in [2.45, 2.75) is 10.6 Å². The number of halogens is 2. The summed E-state index contributed by atoms with van der Waals surface area (Å²) in [7, 11) is -3.75. The normalized spacial score (nSPS) is 11.1. The fourth-order valence-corrected chi connectivity index (χ4v) is 3.73. The Morgan fingerprint density at radius 2 is 1.95 bits per heavy atom. The average molecular weight is 325 g/mol. The number of sulfone groups is 1. The molecule has 0 amide bonds. The predicted molar refractivity (Wildman–Crippen MR) is 77.9 cm³/mol. The van der Waals surface area contributed by atoms with E-state index in [0.29, 0.717) is 5.56 Å². The van der Waals surface area contributed by atoms with Crippen LogP contribution in [-0.2, 0) is 15.6 Å². The van der Waals surface area contributed by atoms with Crippen LogP contribution in [0.5, 0.6) is 0 Å². The topological polar surface area (TPSA) is 84.0 Å². The van der Waals surface area contributed by atoms with Gasteiger partial charge < -0.3 is 5.73 Å². The van der Waals surface area contributed by atoms with Gasteiger partial charge in [-0.05, 0) is 35.9 Å². The molecule has 0 saturated heterocycles. The second-order valence-corrected chi connectivity index (χ2v) is 6.74. The molecule has 0 atom stereocenters. The van der Waals surface area contributed by atoms with Gasteiger partial charge in [0.15, 0.2) is 9.84 Å². The molecule has 0 saturated carbocycles. The Balaban J connectivity index is 2.43. The maximum absolute atomic E-state index is 13.2. The van der Waals surface area contributed by atoms with Gasteiger partial charge in [0.2, 0.25) is 0 Å². The van der Waals surface area contributed by atoms with Crippen LogP contribution in [0.15, 0.2) is 41.3 Å². The van der Waals surface area contributed by atoms with Crippen LogP contribution >= 0.6 is 11.6 Å². The van der Waals surface area contributed by atoms with E-state index in [1.807, 2.05) is 0 Å². The van der Waals surface area contributed by atoms with Crippen LogP contribution in [0.2, 0.25) is 5.02 Å². The Kier molecular flexibility index (Phi) is 4.16. The summed E-state index contributed by atoms with van der Waals surface area (Å²) in [6.07, 6.45) is 0. The highest BCUT2D eigenvalue weighted by Gasteiger charge is 2.20. The maximum atomic E-state index is 13.2. The van der Waals surface area contributed by atoms with Crippen molar-refractivity contribution in [2.75, 3.05) is 5.73 Å². The van der Waals surface area contributed by atoms with E-state index in [4.69, 9.17) is 22.6 Å². The van der Waals surface area contributed by atoms with E-state index in [-0.39, 0.29) is 21.2 Å². The monoisotopic (exact) mass is 324 g/mol. The van der Waals surface area contributed by atoms with E-state index in [0.717, 1.165) is 6.07 Å². The summed E-state index contributed by atoms with van der Waals surface area (Å²) < 4.78 is 37.9. The van der Waals surface area contributed by atoms with Crippen LogP contribution in [0.4, 0.5) is 10.1 Å². The lowest BCUT2D eigenvalue weighted by atomic mass is 10.1. The highest BCUT2D eigenvalue weighted by Crippen LogP contribution is 2.27. The molecule has 0 unspecified atom stereocenters. The maximum Gasteiger partial charge on any atom is 0.184 e. The largest absolute Gasteiger partial charge is 0.399 e. The summed E-state index contributed by atoms with van der Waals surface area (Å²) >= 11 is 5.88. The molecular formula is C14H10ClFN2O2S. The predicted octanol–water partition coefficient (Wildman–Crippen LogP) is 2.91. The zero-order valence-corrected chi connectivity index (χ0v) is 12.2. The van der Waals surface area contributed by atoms with Crippen molar-refractivity contribution in [2.24, 2.45) is 0 Å². The molecule has 0 heterocycles. The number of nitriles is 1.